The van der Waals surface area contributed by atoms with Crippen LogP contribution in [0.1, 0.15) is 11.4 Å². The summed E-state index contributed by atoms with van der Waals surface area (Å²) in [6.45, 7) is 0.733. The lowest BCUT2D eigenvalue weighted by Gasteiger charge is -2.19. The van der Waals surface area contributed by atoms with Crippen LogP contribution in [0.5, 0.6) is 0 Å². The molecular formula is C15H16ClN5. The van der Waals surface area contributed by atoms with Crippen LogP contribution in [0.25, 0.3) is 10.9 Å². The largest absolute Gasteiger partial charge is 0.355 e. The first kappa shape index (κ1) is 13.8. The first-order valence-electron chi connectivity index (χ1n) is 6.67. The summed E-state index contributed by atoms with van der Waals surface area (Å²) in [6, 6.07) is 7.97. The van der Waals surface area contributed by atoms with E-state index >= 15 is 0 Å². The zero-order chi connectivity index (χ0) is 14.8. The van der Waals surface area contributed by atoms with Gasteiger partial charge in [-0.3, -0.25) is 4.68 Å². The summed E-state index contributed by atoms with van der Waals surface area (Å²) in [5.74, 6) is 1.84. The van der Waals surface area contributed by atoms with Crippen LogP contribution in [-0.2, 0) is 19.5 Å². The van der Waals surface area contributed by atoms with Gasteiger partial charge in [-0.1, -0.05) is 12.1 Å². The third kappa shape index (κ3) is 2.83. The smallest absolute Gasteiger partial charge is 0.146 e. The van der Waals surface area contributed by atoms with Crippen molar-refractivity contribution in [2.45, 2.75) is 12.4 Å². The van der Waals surface area contributed by atoms with Crippen LogP contribution in [0.4, 0.5) is 5.82 Å². The molecule has 0 radical (unpaired) electrons. The van der Waals surface area contributed by atoms with Gasteiger partial charge in [0.15, 0.2) is 0 Å². The topological polar surface area (TPSA) is 46.8 Å². The molecule has 2 heterocycles. The molecule has 0 saturated heterocycles. The Labute approximate surface area is 128 Å². The number of alkyl halides is 1. The monoisotopic (exact) mass is 301 g/mol. The van der Waals surface area contributed by atoms with Gasteiger partial charge in [0, 0.05) is 37.8 Å². The molecule has 0 atom stereocenters. The third-order valence-electron chi connectivity index (χ3n) is 3.29. The molecule has 0 bridgehead atoms. The number of rotatable bonds is 4. The van der Waals surface area contributed by atoms with Crippen LogP contribution in [0, 0.1) is 0 Å². The van der Waals surface area contributed by atoms with Crippen LogP contribution in [-0.4, -0.2) is 26.8 Å². The highest BCUT2D eigenvalue weighted by Crippen LogP contribution is 2.24. The molecule has 6 heteroatoms. The molecule has 3 rings (SSSR count). The average Bonchev–Trinajstić information content (AvgIpc) is 2.91. The molecule has 0 aliphatic rings. The van der Waals surface area contributed by atoms with E-state index in [0.29, 0.717) is 11.7 Å². The Kier molecular flexibility index (Phi) is 3.75. The molecule has 108 valence electrons. The molecule has 0 aliphatic carbocycles. The van der Waals surface area contributed by atoms with Gasteiger partial charge in [-0.2, -0.15) is 5.10 Å². The average molecular weight is 302 g/mol. The lowest BCUT2D eigenvalue weighted by Crippen LogP contribution is -2.18. The van der Waals surface area contributed by atoms with Gasteiger partial charge < -0.3 is 4.90 Å². The maximum absolute atomic E-state index is 5.91. The predicted molar refractivity (Wildman–Crippen MR) is 84.4 cm³/mol. The maximum Gasteiger partial charge on any atom is 0.146 e. The number of nitrogens with zero attached hydrogens (tertiary/aromatic N) is 5. The minimum absolute atomic E-state index is 0.304. The van der Waals surface area contributed by atoms with E-state index in [4.69, 9.17) is 11.6 Å². The van der Waals surface area contributed by atoms with Gasteiger partial charge in [0.05, 0.1) is 17.6 Å². The van der Waals surface area contributed by atoms with Gasteiger partial charge in [0.2, 0.25) is 0 Å². The van der Waals surface area contributed by atoms with Crippen molar-refractivity contribution in [1.29, 1.82) is 0 Å². The van der Waals surface area contributed by atoms with Crippen LogP contribution in [0.15, 0.2) is 36.7 Å². The third-order valence-corrected chi connectivity index (χ3v) is 3.53. The molecule has 3 aromatic rings. The number of para-hydroxylation sites is 1. The van der Waals surface area contributed by atoms with Crippen molar-refractivity contribution in [3.8, 4) is 0 Å². The highest BCUT2D eigenvalue weighted by Gasteiger charge is 2.12. The van der Waals surface area contributed by atoms with Gasteiger partial charge in [0.1, 0.15) is 11.6 Å². The highest BCUT2D eigenvalue weighted by atomic mass is 35.5. The van der Waals surface area contributed by atoms with E-state index < -0.39 is 0 Å². The molecule has 0 fully saturated rings. The van der Waals surface area contributed by atoms with Crippen molar-refractivity contribution in [1.82, 2.24) is 19.7 Å². The van der Waals surface area contributed by atoms with E-state index in [1.807, 2.05) is 50.8 Å². The number of aryl methyl sites for hydroxylation is 1. The van der Waals surface area contributed by atoms with Crippen molar-refractivity contribution >= 4 is 28.3 Å². The highest BCUT2D eigenvalue weighted by molar-refractivity contribution is 6.16. The molecule has 0 saturated carbocycles. The van der Waals surface area contributed by atoms with Crippen molar-refractivity contribution in [2.24, 2.45) is 7.05 Å². The molecular weight excluding hydrogens is 286 g/mol. The van der Waals surface area contributed by atoms with Crippen LogP contribution >= 0.6 is 11.6 Å². The first-order valence-corrected chi connectivity index (χ1v) is 7.21. The van der Waals surface area contributed by atoms with E-state index in [9.17, 15) is 0 Å². The maximum atomic E-state index is 5.91. The Hall–Kier alpha value is -2.14. The molecule has 5 nitrogen and oxygen atoms in total. The lowest BCUT2D eigenvalue weighted by atomic mass is 10.2. The van der Waals surface area contributed by atoms with E-state index in [1.54, 1.807) is 4.68 Å². The normalized spacial score (nSPS) is 11.0. The van der Waals surface area contributed by atoms with E-state index in [2.05, 4.69) is 20.0 Å². The summed E-state index contributed by atoms with van der Waals surface area (Å²) >= 11 is 5.91. The summed E-state index contributed by atoms with van der Waals surface area (Å²) in [4.78, 5) is 11.1. The molecule has 21 heavy (non-hydrogen) atoms. The minimum Gasteiger partial charge on any atom is -0.355 e. The summed E-state index contributed by atoms with van der Waals surface area (Å²) in [5, 5.41) is 5.22. The van der Waals surface area contributed by atoms with E-state index in [1.165, 1.54) is 0 Å². The van der Waals surface area contributed by atoms with Crippen LogP contribution in [0.2, 0.25) is 0 Å². The zero-order valence-corrected chi connectivity index (χ0v) is 12.7. The molecule has 0 N–H and O–H groups in total. The van der Waals surface area contributed by atoms with Gasteiger partial charge in [-0.25, -0.2) is 9.97 Å². The molecule has 0 amide bonds. The Morgan fingerprint density at radius 1 is 1.24 bits per heavy atom. The summed E-state index contributed by atoms with van der Waals surface area (Å²) < 4.78 is 1.80. The van der Waals surface area contributed by atoms with E-state index in [-0.39, 0.29) is 0 Å². The van der Waals surface area contributed by atoms with Crippen molar-refractivity contribution in [3.63, 3.8) is 0 Å². The fourth-order valence-electron chi connectivity index (χ4n) is 2.36. The minimum atomic E-state index is 0.304. The Bertz CT molecular complexity index is 768. The number of anilines is 1. The van der Waals surface area contributed by atoms with Gasteiger partial charge in [0.25, 0.3) is 0 Å². The van der Waals surface area contributed by atoms with Crippen LogP contribution in [0.3, 0.4) is 0 Å². The SMILES string of the molecule is CN(Cc1cnn(C)c1)c1nc(CCl)nc2ccccc12. The van der Waals surface area contributed by atoms with Gasteiger partial charge in [-0.15, -0.1) is 11.6 Å². The fourth-order valence-corrected chi connectivity index (χ4v) is 2.48. The fraction of sp³-hybridized carbons (Fsp3) is 0.267. The van der Waals surface area contributed by atoms with Gasteiger partial charge >= 0.3 is 0 Å². The number of halogens is 1. The molecule has 2 aromatic heterocycles. The quantitative estimate of drug-likeness (QED) is 0.695. The molecule has 0 spiro atoms. The molecule has 0 aliphatic heterocycles. The summed E-state index contributed by atoms with van der Waals surface area (Å²) in [6.07, 6.45) is 3.87. The summed E-state index contributed by atoms with van der Waals surface area (Å²) in [7, 11) is 3.93. The Morgan fingerprint density at radius 3 is 2.76 bits per heavy atom. The molecule has 0 unspecified atom stereocenters. The predicted octanol–water partition coefficient (Wildman–Crippen LogP) is 2.74. The Balaban J connectivity index is 2.01. The number of fused-ring (bicyclic) bond motifs is 1. The van der Waals surface area contributed by atoms with E-state index in [0.717, 1.165) is 28.8 Å². The number of aromatic nitrogens is 4. The first-order chi connectivity index (χ1) is 10.2. The van der Waals surface area contributed by atoms with Crippen molar-refractivity contribution in [3.05, 3.63) is 48.0 Å². The number of hydrogen-bond acceptors (Lipinski definition) is 4. The second-order valence-electron chi connectivity index (χ2n) is 4.99. The zero-order valence-electron chi connectivity index (χ0n) is 12.0. The standard InChI is InChI=1S/C15H16ClN5/c1-20(9-11-8-17-21(2)10-11)15-12-5-3-4-6-13(12)18-14(7-16)19-15/h3-6,8,10H,7,9H2,1-2H3. The van der Waals surface area contributed by atoms with Crippen molar-refractivity contribution < 1.29 is 0 Å². The lowest BCUT2D eigenvalue weighted by molar-refractivity contribution is 0.766. The molecule has 1 aromatic carbocycles. The number of benzene rings is 1. The van der Waals surface area contributed by atoms with Crippen LogP contribution < -0.4 is 4.90 Å². The Morgan fingerprint density at radius 2 is 2.05 bits per heavy atom. The summed E-state index contributed by atoms with van der Waals surface area (Å²) in [5.41, 5.74) is 2.05. The second-order valence-corrected chi connectivity index (χ2v) is 5.26. The second kappa shape index (κ2) is 5.69. The van der Waals surface area contributed by atoms with Gasteiger partial charge in [-0.05, 0) is 12.1 Å². The number of hydrogen-bond donors (Lipinski definition) is 0. The van der Waals surface area contributed by atoms with Crippen molar-refractivity contribution in [2.75, 3.05) is 11.9 Å².